The molecule has 0 spiro atoms. The number of ketones is 2. The number of aromatic nitrogens is 2. The normalized spacial score (nSPS) is 12.6. The Kier molecular flexibility index (Phi) is 23.2. The Balaban J connectivity index is 0.000000307. The van der Waals surface area contributed by atoms with Crippen molar-refractivity contribution in [2.24, 2.45) is 20.5 Å². The molecule has 34 heteroatoms. The van der Waals surface area contributed by atoms with E-state index in [-0.39, 0.29) is 112 Å². The first kappa shape index (κ1) is 70.6. The summed E-state index contributed by atoms with van der Waals surface area (Å²) in [7, 11) is -16.0. The van der Waals surface area contributed by atoms with Gasteiger partial charge in [-0.25, -0.2) is 26.8 Å². The summed E-state index contributed by atoms with van der Waals surface area (Å²) in [6, 6.07) is 20.6. The molecule has 2 amide bonds. The van der Waals surface area contributed by atoms with E-state index in [4.69, 9.17) is 9.47 Å². The van der Waals surface area contributed by atoms with Gasteiger partial charge in [-0.15, -0.1) is 22.7 Å². The molecule has 86 heavy (non-hydrogen) atoms. The van der Waals surface area contributed by atoms with Crippen LogP contribution in [0.3, 0.4) is 0 Å². The molecule has 440 valence electrons. The monoisotopic (exact) mass is 1310 g/mol. The number of Topliss-reactive ketones (excluding diaryl/α,β-unsaturated/α-hetero) is 2. The molecule has 8 rings (SSSR count). The fraction of sp³-hybridized carbons (Fsp3) is 0.192. The van der Waals surface area contributed by atoms with Crippen molar-refractivity contribution in [3.05, 3.63) is 119 Å². The summed E-state index contributed by atoms with van der Waals surface area (Å²) in [4.78, 5) is 57.7. The van der Waals surface area contributed by atoms with E-state index in [1.54, 1.807) is 60.7 Å². The summed E-state index contributed by atoms with van der Waals surface area (Å²) in [5, 5.41) is 21.6. The van der Waals surface area contributed by atoms with E-state index in [0.29, 0.717) is 54.7 Å². The van der Waals surface area contributed by atoms with Crippen LogP contribution in [0, 0.1) is 27.7 Å². The number of carbonyl (C=O) groups excluding carboxylic acids is 4. The number of benzene rings is 6. The number of nitrogens with one attached hydrogen (secondary N) is 2. The zero-order valence-corrected chi connectivity index (χ0v) is 55.9. The molecule has 2 aromatic heterocycles. The first-order chi connectivity index (χ1) is 39.2. The molecule has 0 fully saturated rings. The molecule has 2 unspecified atom stereocenters. The zero-order chi connectivity index (χ0) is 62.0. The van der Waals surface area contributed by atoms with Gasteiger partial charge in [-0.05, 0) is 137 Å². The topological polar surface area (TPSA) is 409 Å². The van der Waals surface area contributed by atoms with Crippen LogP contribution < -0.4 is 79.2 Å². The maximum atomic E-state index is 12.9. The quantitative estimate of drug-likeness (QED) is 0.0415. The van der Waals surface area contributed by atoms with E-state index in [2.05, 4.69) is 41.1 Å². The predicted octanol–water partition coefficient (Wildman–Crippen LogP) is 2.85. The van der Waals surface area contributed by atoms with E-state index < -0.39 is 85.7 Å². The largest absolute Gasteiger partial charge is 1.00 e. The summed E-state index contributed by atoms with van der Waals surface area (Å²) in [5.74, 6) is -3.08. The number of ether oxygens (including phenoxy) is 2. The number of hydrogen-bond acceptors (Lipinski definition) is 24. The van der Waals surface area contributed by atoms with Gasteiger partial charge in [0.1, 0.15) is 51.5 Å². The number of azo groups is 2. The Morgan fingerprint density at radius 1 is 0.523 bits per heavy atom. The Labute approximate surface area is 544 Å². The van der Waals surface area contributed by atoms with Crippen molar-refractivity contribution in [1.82, 2.24) is 9.97 Å². The fourth-order valence-electron chi connectivity index (χ4n) is 8.06. The Morgan fingerprint density at radius 2 is 0.849 bits per heavy atom. The predicted molar refractivity (Wildman–Crippen MR) is 306 cm³/mol. The maximum Gasteiger partial charge on any atom is 1.00 e. The summed E-state index contributed by atoms with van der Waals surface area (Å²) in [6.07, 6.45) is 0. The number of carbonyl (C=O) groups is 4. The summed E-state index contributed by atoms with van der Waals surface area (Å²) < 4.78 is 147. The molecule has 0 aliphatic carbocycles. The van der Waals surface area contributed by atoms with Gasteiger partial charge in [0, 0.05) is 23.3 Å². The summed E-state index contributed by atoms with van der Waals surface area (Å²) in [6.45, 7) is 8.20. The van der Waals surface area contributed by atoms with Crippen LogP contribution >= 0.6 is 22.7 Å². The Hall–Kier alpha value is -6.18. The standard InChI is InChI=1S/2C26H24N4O9S3.2Na/c2*1-13-5-10-18-23(24(13)42(36,37)38)40-26(28-18)16-6-8-17(9-7-16)29-30-22(15(3)31)25(32)27-19-11-14(2)21(41(33,34)35)12-20(19)39-4;;/h2*5-12,22H,1-4H3,(H,27,32)(H,33,34,35)(H,36,37,38);;/q;;2*+1/p-2. The molecule has 6 aromatic carbocycles. The van der Waals surface area contributed by atoms with E-state index >= 15 is 0 Å². The minimum Gasteiger partial charge on any atom is -0.744 e. The van der Waals surface area contributed by atoms with E-state index in [1.807, 2.05) is 0 Å². The number of thiazole rings is 2. The molecule has 26 nitrogen and oxygen atoms in total. The van der Waals surface area contributed by atoms with Gasteiger partial charge < -0.3 is 29.2 Å². The van der Waals surface area contributed by atoms with Crippen molar-refractivity contribution in [2.75, 3.05) is 24.9 Å². The number of anilines is 2. The smallest absolute Gasteiger partial charge is 0.744 e. The molecule has 8 aromatic rings. The molecule has 0 aliphatic rings. The van der Waals surface area contributed by atoms with E-state index in [0.717, 1.165) is 48.7 Å². The number of amides is 2. The van der Waals surface area contributed by atoms with Crippen LogP contribution in [0.4, 0.5) is 22.7 Å². The average Bonchev–Trinajstić information content (AvgIpc) is 2.27. The first-order valence-electron chi connectivity index (χ1n) is 23.9. The van der Waals surface area contributed by atoms with Gasteiger partial charge in [-0.2, -0.15) is 37.3 Å². The van der Waals surface area contributed by atoms with Crippen LogP contribution in [-0.2, 0) is 59.7 Å². The second-order valence-corrected chi connectivity index (χ2v) is 25.6. The van der Waals surface area contributed by atoms with Crippen LogP contribution in [0.1, 0.15) is 36.1 Å². The number of aryl methyl sites for hydroxylation is 4. The Bertz CT molecular complexity index is 4240. The molecule has 0 bridgehead atoms. The van der Waals surface area contributed by atoms with Gasteiger partial charge in [0.05, 0.1) is 67.2 Å². The van der Waals surface area contributed by atoms with Crippen molar-refractivity contribution in [3.8, 4) is 32.6 Å². The SMILES string of the molecule is COc1cc(S(=O)(=O)O)c(C)cc1NC(=O)C(N=Nc1ccc(-c2nc3ccc(C)c(S(=O)(=O)[O-])c3s2)cc1)C(C)=O.COc1cc(S(=O)(=O)O)c(C)cc1NC(=O)C(N=Nc1ccc(-c2nc3ccc(C)c(S(=O)(=O)[O-])c3s2)cc1)C(C)=O.[Na+].[Na+]. The molecule has 0 saturated carbocycles. The van der Waals surface area contributed by atoms with E-state index in [9.17, 15) is 71.1 Å². The molecule has 0 saturated heterocycles. The van der Waals surface area contributed by atoms with E-state index in [1.165, 1.54) is 66.2 Å². The Morgan fingerprint density at radius 3 is 1.13 bits per heavy atom. The maximum absolute atomic E-state index is 12.9. The first-order valence-corrected chi connectivity index (χ1v) is 31.2. The molecular weight excluding hydrogens is 1260 g/mol. The molecule has 0 radical (unpaired) electrons. The second kappa shape index (κ2) is 28.3. The number of nitrogens with zero attached hydrogens (tertiary/aromatic N) is 6. The van der Waals surface area contributed by atoms with Crippen molar-refractivity contribution in [1.29, 1.82) is 0 Å². The summed E-state index contributed by atoms with van der Waals surface area (Å²) >= 11 is 2.12. The number of hydrogen-bond donors (Lipinski definition) is 4. The van der Waals surface area contributed by atoms with Crippen LogP contribution in [0.25, 0.3) is 41.6 Å². The van der Waals surface area contributed by atoms with Crippen molar-refractivity contribution >= 4 is 130 Å². The van der Waals surface area contributed by atoms with Crippen LogP contribution in [-0.4, -0.2) is 112 Å². The minimum absolute atomic E-state index is 0. The van der Waals surface area contributed by atoms with Crippen molar-refractivity contribution in [2.45, 2.75) is 73.2 Å². The third kappa shape index (κ3) is 16.7. The third-order valence-corrected chi connectivity index (χ3v) is 18.6. The molecule has 0 aliphatic heterocycles. The van der Waals surface area contributed by atoms with Gasteiger partial charge in [0.2, 0.25) is 12.1 Å². The third-order valence-electron chi connectivity index (χ3n) is 12.1. The van der Waals surface area contributed by atoms with Gasteiger partial charge in [-0.1, -0.05) is 12.1 Å². The zero-order valence-electron chi connectivity index (χ0n) is 47.0. The van der Waals surface area contributed by atoms with Crippen LogP contribution in [0.5, 0.6) is 11.5 Å². The van der Waals surface area contributed by atoms with Crippen LogP contribution in [0.15, 0.2) is 137 Å². The number of fused-ring (bicyclic) bond motifs is 2. The fourth-order valence-corrected chi connectivity index (χ4v) is 14.1. The van der Waals surface area contributed by atoms with Crippen LogP contribution in [0.2, 0.25) is 0 Å². The minimum atomic E-state index is -4.71. The van der Waals surface area contributed by atoms with Gasteiger partial charge in [0.25, 0.3) is 32.1 Å². The molecule has 4 N–H and O–H groups in total. The molecule has 2 heterocycles. The van der Waals surface area contributed by atoms with Gasteiger partial charge in [-0.3, -0.25) is 28.3 Å². The molecular formula is C52H46N8Na2O18S6. The van der Waals surface area contributed by atoms with Gasteiger partial charge in [0.15, 0.2) is 11.6 Å². The van der Waals surface area contributed by atoms with Crippen molar-refractivity contribution < 1.29 is 140 Å². The van der Waals surface area contributed by atoms with Gasteiger partial charge >= 0.3 is 59.1 Å². The number of rotatable bonds is 18. The summed E-state index contributed by atoms with van der Waals surface area (Å²) in [5.41, 5.74) is 3.57. The van der Waals surface area contributed by atoms with Crippen molar-refractivity contribution in [3.63, 3.8) is 0 Å². The average molecular weight is 1310 g/mol. The second-order valence-electron chi connectivity index (χ2n) is 18.2. The number of methoxy groups -OCH3 is 2. The molecule has 2 atom stereocenters.